The number of aromatic nitrogens is 6. The molecule has 4 aromatic rings. The number of morpholine rings is 1. The zero-order valence-electron chi connectivity index (χ0n) is 16.4. The van der Waals surface area contributed by atoms with E-state index in [1.54, 1.807) is 24.7 Å². The van der Waals surface area contributed by atoms with Crippen LogP contribution in [-0.4, -0.2) is 48.7 Å². The van der Waals surface area contributed by atoms with Gasteiger partial charge < -0.3 is 9.64 Å². The van der Waals surface area contributed by atoms with E-state index in [1.165, 1.54) is 16.7 Å². The predicted molar refractivity (Wildman–Crippen MR) is 105 cm³/mol. The Balaban J connectivity index is 1.49. The predicted octanol–water partition coefficient (Wildman–Crippen LogP) is 3.50. The normalized spacial score (nSPS) is 19.8. The van der Waals surface area contributed by atoms with Gasteiger partial charge in [0.05, 0.1) is 42.0 Å². The fraction of sp³-hybridized carbons (Fsp3) is 0.300. The van der Waals surface area contributed by atoms with Gasteiger partial charge in [-0.1, -0.05) is 0 Å². The number of alkyl halides is 3. The third kappa shape index (κ3) is 3.72. The molecule has 1 aliphatic rings. The Morgan fingerprint density at radius 3 is 2.77 bits per heavy atom. The first-order valence-corrected chi connectivity index (χ1v) is 9.65. The molecule has 0 bridgehead atoms. The maximum atomic E-state index is 13.2. The van der Waals surface area contributed by atoms with Crippen LogP contribution in [0.5, 0.6) is 0 Å². The van der Waals surface area contributed by atoms with Gasteiger partial charge in [-0.2, -0.15) is 18.3 Å². The smallest absolute Gasteiger partial charge is 0.367 e. The Labute approximate surface area is 174 Å². The lowest BCUT2D eigenvalue weighted by Crippen LogP contribution is -2.43. The van der Waals surface area contributed by atoms with E-state index in [1.807, 2.05) is 11.8 Å². The standard InChI is InChI=1S/C20H18F3N7O/c1-12-9-29(11-17(31-12)13-6-26-27-7-13)19-24-5-4-15(28-19)16-8-25-18-3-2-14(10-30(16)18)20(21,22)23/h2-8,10,12,17H,9,11H2,1H3,(H,26,27)/t12-,17-/m0/s1. The summed E-state index contributed by atoms with van der Waals surface area (Å²) in [5.74, 6) is 0.475. The maximum Gasteiger partial charge on any atom is 0.417 e. The quantitative estimate of drug-likeness (QED) is 0.537. The lowest BCUT2D eigenvalue weighted by Gasteiger charge is -2.36. The maximum absolute atomic E-state index is 13.2. The largest absolute Gasteiger partial charge is 0.417 e. The molecule has 0 saturated carbocycles. The van der Waals surface area contributed by atoms with Crippen molar-refractivity contribution in [1.29, 1.82) is 0 Å². The Hall–Kier alpha value is -3.47. The molecule has 5 rings (SSSR count). The molecule has 31 heavy (non-hydrogen) atoms. The molecule has 1 saturated heterocycles. The summed E-state index contributed by atoms with van der Waals surface area (Å²) >= 11 is 0. The summed E-state index contributed by atoms with van der Waals surface area (Å²) in [7, 11) is 0. The average Bonchev–Trinajstić information content (AvgIpc) is 3.42. The lowest BCUT2D eigenvalue weighted by molar-refractivity contribution is -0.137. The van der Waals surface area contributed by atoms with Gasteiger partial charge in [-0.25, -0.2) is 15.0 Å². The summed E-state index contributed by atoms with van der Waals surface area (Å²) in [5.41, 5.74) is 1.52. The molecule has 8 nitrogen and oxygen atoms in total. The number of rotatable bonds is 3. The highest BCUT2D eigenvalue weighted by molar-refractivity contribution is 5.61. The molecule has 0 aromatic carbocycles. The van der Waals surface area contributed by atoms with E-state index in [2.05, 4.69) is 25.1 Å². The van der Waals surface area contributed by atoms with Crippen LogP contribution in [-0.2, 0) is 10.9 Å². The van der Waals surface area contributed by atoms with Crippen LogP contribution in [0, 0.1) is 0 Å². The second kappa shape index (κ2) is 7.34. The summed E-state index contributed by atoms with van der Waals surface area (Å²) in [6, 6.07) is 4.01. The van der Waals surface area contributed by atoms with Crippen molar-refractivity contribution in [2.45, 2.75) is 25.3 Å². The van der Waals surface area contributed by atoms with Crippen LogP contribution in [0.1, 0.15) is 24.2 Å². The number of hydrogen-bond donors (Lipinski definition) is 1. The van der Waals surface area contributed by atoms with Gasteiger partial charge >= 0.3 is 6.18 Å². The van der Waals surface area contributed by atoms with Crippen molar-refractivity contribution in [3.63, 3.8) is 0 Å². The van der Waals surface area contributed by atoms with Crippen molar-refractivity contribution in [3.05, 3.63) is 60.3 Å². The fourth-order valence-corrected chi connectivity index (χ4v) is 3.72. The molecule has 2 atom stereocenters. The van der Waals surface area contributed by atoms with Crippen LogP contribution in [0.4, 0.5) is 19.1 Å². The Morgan fingerprint density at radius 2 is 2.00 bits per heavy atom. The van der Waals surface area contributed by atoms with Crippen LogP contribution in [0.3, 0.4) is 0 Å². The van der Waals surface area contributed by atoms with Crippen LogP contribution in [0.2, 0.25) is 0 Å². The van der Waals surface area contributed by atoms with E-state index in [-0.39, 0.29) is 12.2 Å². The lowest BCUT2D eigenvalue weighted by atomic mass is 10.1. The third-order valence-electron chi connectivity index (χ3n) is 5.17. The number of H-pyrrole nitrogens is 1. The van der Waals surface area contributed by atoms with E-state index in [9.17, 15) is 13.2 Å². The van der Waals surface area contributed by atoms with Crippen LogP contribution < -0.4 is 4.90 Å². The number of imidazole rings is 1. The van der Waals surface area contributed by atoms with E-state index >= 15 is 0 Å². The van der Waals surface area contributed by atoms with Crippen LogP contribution in [0.15, 0.2) is 49.2 Å². The highest BCUT2D eigenvalue weighted by atomic mass is 19.4. The van der Waals surface area contributed by atoms with Crippen molar-refractivity contribution >= 4 is 11.6 Å². The van der Waals surface area contributed by atoms with Gasteiger partial charge in [0.25, 0.3) is 0 Å². The average molecular weight is 429 g/mol. The minimum Gasteiger partial charge on any atom is -0.367 e. The minimum absolute atomic E-state index is 0.0638. The molecule has 0 unspecified atom stereocenters. The molecule has 0 aliphatic carbocycles. The van der Waals surface area contributed by atoms with Crippen LogP contribution >= 0.6 is 0 Å². The number of nitrogens with one attached hydrogen (secondary N) is 1. The number of fused-ring (bicyclic) bond motifs is 1. The van der Waals surface area contributed by atoms with Gasteiger partial charge in [-0.05, 0) is 25.1 Å². The summed E-state index contributed by atoms with van der Waals surface area (Å²) < 4.78 is 46.9. The number of ether oxygens (including phenoxy) is 1. The summed E-state index contributed by atoms with van der Waals surface area (Å²) in [5, 5.41) is 6.76. The van der Waals surface area contributed by atoms with Gasteiger partial charge in [-0.15, -0.1) is 0 Å². The van der Waals surface area contributed by atoms with Crippen molar-refractivity contribution in [1.82, 2.24) is 29.5 Å². The number of pyridine rings is 1. The zero-order valence-corrected chi connectivity index (χ0v) is 16.4. The molecule has 11 heteroatoms. The minimum atomic E-state index is -4.45. The molecule has 4 aromatic heterocycles. The molecule has 0 amide bonds. The first kappa shape index (κ1) is 19.5. The van der Waals surface area contributed by atoms with Crippen molar-refractivity contribution in [3.8, 4) is 11.4 Å². The number of anilines is 1. The SMILES string of the molecule is C[C@H]1CN(c2nccc(-c3cnc4ccc(C(F)(F)F)cn34)n2)C[C@@H](c2cn[nH]c2)O1. The second-order valence-corrected chi connectivity index (χ2v) is 7.40. The number of hydrogen-bond acceptors (Lipinski definition) is 6. The highest BCUT2D eigenvalue weighted by Crippen LogP contribution is 2.31. The number of halogens is 3. The highest BCUT2D eigenvalue weighted by Gasteiger charge is 2.31. The Morgan fingerprint density at radius 1 is 1.13 bits per heavy atom. The Kier molecular flexibility index (Phi) is 4.62. The molecule has 160 valence electrons. The fourth-order valence-electron chi connectivity index (χ4n) is 3.72. The van der Waals surface area contributed by atoms with E-state index in [0.29, 0.717) is 36.1 Å². The molecular formula is C20H18F3N7O. The van der Waals surface area contributed by atoms with Gasteiger partial charge in [0.2, 0.25) is 5.95 Å². The molecular weight excluding hydrogens is 411 g/mol. The first-order chi connectivity index (χ1) is 14.9. The first-order valence-electron chi connectivity index (χ1n) is 9.65. The number of aromatic amines is 1. The summed E-state index contributed by atoms with van der Waals surface area (Å²) in [6.45, 7) is 3.08. The summed E-state index contributed by atoms with van der Waals surface area (Å²) in [6.07, 6.45) is 2.94. The second-order valence-electron chi connectivity index (χ2n) is 7.40. The molecule has 1 N–H and O–H groups in total. The van der Waals surface area contributed by atoms with E-state index < -0.39 is 11.7 Å². The van der Waals surface area contributed by atoms with Gasteiger partial charge in [0.1, 0.15) is 11.8 Å². The van der Waals surface area contributed by atoms with Crippen molar-refractivity contribution in [2.75, 3.05) is 18.0 Å². The molecule has 5 heterocycles. The van der Waals surface area contributed by atoms with Crippen molar-refractivity contribution in [2.24, 2.45) is 0 Å². The van der Waals surface area contributed by atoms with Gasteiger partial charge in [0.15, 0.2) is 0 Å². The summed E-state index contributed by atoms with van der Waals surface area (Å²) in [4.78, 5) is 15.2. The monoisotopic (exact) mass is 429 g/mol. The van der Waals surface area contributed by atoms with Gasteiger partial charge in [0, 0.05) is 30.7 Å². The van der Waals surface area contributed by atoms with E-state index in [4.69, 9.17) is 4.74 Å². The van der Waals surface area contributed by atoms with Crippen molar-refractivity contribution < 1.29 is 17.9 Å². The molecule has 1 aliphatic heterocycles. The van der Waals surface area contributed by atoms with Gasteiger partial charge in [-0.3, -0.25) is 9.50 Å². The molecule has 1 fully saturated rings. The zero-order chi connectivity index (χ0) is 21.6. The molecule has 0 spiro atoms. The van der Waals surface area contributed by atoms with Crippen LogP contribution in [0.25, 0.3) is 17.0 Å². The topological polar surface area (TPSA) is 84.2 Å². The Bertz CT molecular complexity index is 1210. The number of nitrogens with zero attached hydrogens (tertiary/aromatic N) is 6. The third-order valence-corrected chi connectivity index (χ3v) is 5.17. The van der Waals surface area contributed by atoms with E-state index in [0.717, 1.165) is 17.8 Å². The molecule has 0 radical (unpaired) electrons.